The number of hydrogen-bond acceptors (Lipinski definition) is 5. The third-order valence-corrected chi connectivity index (χ3v) is 3.64. The number of morpholine rings is 1. The number of rotatable bonds is 4. The highest BCUT2D eigenvalue weighted by Crippen LogP contribution is 2.20. The zero-order valence-electron chi connectivity index (χ0n) is 11.6. The molecule has 2 rings (SSSR count). The Labute approximate surface area is 118 Å². The van der Waals surface area contributed by atoms with E-state index in [4.69, 9.17) is 16.2 Å². The summed E-state index contributed by atoms with van der Waals surface area (Å²) < 4.78 is 5.50. The van der Waals surface area contributed by atoms with Gasteiger partial charge in [0.2, 0.25) is 5.91 Å². The number of hydrogen-bond donors (Lipinski definition) is 3. The average molecular weight is 279 g/mol. The summed E-state index contributed by atoms with van der Waals surface area (Å²) in [5.74, 6) is -0.483. The highest BCUT2D eigenvalue weighted by atomic mass is 16.5. The van der Waals surface area contributed by atoms with Gasteiger partial charge < -0.3 is 21.3 Å². The smallest absolute Gasteiger partial charge is 0.248 e. The minimum Gasteiger partial charge on any atom is -0.398 e. The van der Waals surface area contributed by atoms with Crippen molar-refractivity contribution in [2.45, 2.75) is 25.6 Å². The van der Waals surface area contributed by atoms with Crippen molar-refractivity contribution in [2.75, 3.05) is 25.5 Å². The summed E-state index contributed by atoms with van der Waals surface area (Å²) in [6.07, 6.45) is -0.155. The van der Waals surface area contributed by atoms with Crippen molar-refractivity contribution in [3.8, 4) is 0 Å². The van der Waals surface area contributed by atoms with Crippen LogP contribution in [0, 0.1) is 0 Å². The van der Waals surface area contributed by atoms with Gasteiger partial charge in [-0.25, -0.2) is 0 Å². The van der Waals surface area contributed by atoms with E-state index in [1.165, 1.54) is 0 Å². The lowest BCUT2D eigenvalue weighted by molar-refractivity contribution is -0.0805. The van der Waals surface area contributed by atoms with Crippen molar-refractivity contribution in [1.29, 1.82) is 0 Å². The van der Waals surface area contributed by atoms with E-state index in [2.05, 4.69) is 11.8 Å². The molecule has 0 aliphatic carbocycles. The van der Waals surface area contributed by atoms with Gasteiger partial charge in [0.15, 0.2) is 0 Å². The van der Waals surface area contributed by atoms with Crippen LogP contribution in [-0.2, 0) is 11.3 Å². The van der Waals surface area contributed by atoms with Crippen molar-refractivity contribution in [3.63, 3.8) is 0 Å². The molecule has 20 heavy (non-hydrogen) atoms. The van der Waals surface area contributed by atoms with E-state index in [0.717, 1.165) is 5.56 Å². The maximum absolute atomic E-state index is 11.1. The molecule has 2 unspecified atom stereocenters. The van der Waals surface area contributed by atoms with Gasteiger partial charge in [0.1, 0.15) is 0 Å². The van der Waals surface area contributed by atoms with Crippen molar-refractivity contribution >= 4 is 11.6 Å². The van der Waals surface area contributed by atoms with Crippen LogP contribution in [-0.4, -0.2) is 47.8 Å². The van der Waals surface area contributed by atoms with Gasteiger partial charge in [-0.3, -0.25) is 9.69 Å². The molecule has 1 fully saturated rings. The largest absolute Gasteiger partial charge is 0.398 e. The van der Waals surface area contributed by atoms with Gasteiger partial charge in [0, 0.05) is 30.4 Å². The summed E-state index contributed by atoms with van der Waals surface area (Å²) >= 11 is 0. The predicted molar refractivity (Wildman–Crippen MR) is 76.1 cm³/mol. The number of carbonyl (C=O) groups is 1. The van der Waals surface area contributed by atoms with Crippen molar-refractivity contribution in [3.05, 3.63) is 29.3 Å². The van der Waals surface area contributed by atoms with Crippen LogP contribution in [0.5, 0.6) is 0 Å². The van der Waals surface area contributed by atoms with Gasteiger partial charge in [0.25, 0.3) is 0 Å². The van der Waals surface area contributed by atoms with Crippen LogP contribution in [0.4, 0.5) is 5.69 Å². The van der Waals surface area contributed by atoms with E-state index >= 15 is 0 Å². The summed E-state index contributed by atoms with van der Waals surface area (Å²) in [4.78, 5) is 13.3. The summed E-state index contributed by atoms with van der Waals surface area (Å²) in [5.41, 5.74) is 13.1. The average Bonchev–Trinajstić information content (AvgIpc) is 2.43. The van der Waals surface area contributed by atoms with Crippen LogP contribution in [0.25, 0.3) is 0 Å². The second kappa shape index (κ2) is 6.21. The molecular formula is C14H21N3O3. The highest BCUT2D eigenvalue weighted by molar-refractivity contribution is 5.93. The van der Waals surface area contributed by atoms with E-state index < -0.39 is 5.91 Å². The molecule has 0 spiro atoms. The molecule has 6 heteroatoms. The molecule has 1 aliphatic heterocycles. The Morgan fingerprint density at radius 1 is 1.55 bits per heavy atom. The van der Waals surface area contributed by atoms with Crippen LogP contribution in [0.2, 0.25) is 0 Å². The van der Waals surface area contributed by atoms with Crippen LogP contribution in [0.3, 0.4) is 0 Å². The topological polar surface area (TPSA) is 102 Å². The number of anilines is 1. The van der Waals surface area contributed by atoms with Crippen molar-refractivity contribution in [2.24, 2.45) is 5.73 Å². The molecule has 0 bridgehead atoms. The highest BCUT2D eigenvalue weighted by Gasteiger charge is 2.26. The Kier molecular flexibility index (Phi) is 4.59. The number of ether oxygens (including phenoxy) is 1. The van der Waals surface area contributed by atoms with Gasteiger partial charge in [0.05, 0.1) is 19.3 Å². The van der Waals surface area contributed by atoms with Crippen LogP contribution >= 0.6 is 0 Å². The molecule has 0 aromatic heterocycles. The molecule has 110 valence electrons. The predicted octanol–water partition coefficient (Wildman–Crippen LogP) is -0.0507. The molecule has 1 amide bonds. The maximum atomic E-state index is 11.1. The zero-order chi connectivity index (χ0) is 14.7. The van der Waals surface area contributed by atoms with E-state index in [-0.39, 0.29) is 18.8 Å². The molecule has 1 aromatic carbocycles. The molecule has 1 aliphatic rings. The second-order valence-corrected chi connectivity index (χ2v) is 5.19. The summed E-state index contributed by atoms with van der Waals surface area (Å²) in [7, 11) is 0. The lowest BCUT2D eigenvalue weighted by Crippen LogP contribution is -2.48. The number of aliphatic hydroxyl groups excluding tert-OH is 1. The standard InChI is InChI=1S/C14H21N3O3/c1-9-8-20-12(7-18)6-17(9)5-11-3-2-10(14(16)19)4-13(11)15/h2-4,9,12,18H,5-8,15H2,1H3,(H2,16,19). The summed E-state index contributed by atoms with van der Waals surface area (Å²) in [6, 6.07) is 5.37. The Bertz CT molecular complexity index is 493. The molecule has 6 nitrogen and oxygen atoms in total. The lowest BCUT2D eigenvalue weighted by atomic mass is 10.1. The Hall–Kier alpha value is -1.63. The number of nitrogens with zero attached hydrogens (tertiary/aromatic N) is 1. The molecule has 0 radical (unpaired) electrons. The third-order valence-electron chi connectivity index (χ3n) is 3.64. The molecule has 1 heterocycles. The number of benzene rings is 1. The van der Waals surface area contributed by atoms with Gasteiger partial charge in [-0.15, -0.1) is 0 Å². The first-order valence-electron chi connectivity index (χ1n) is 6.66. The normalized spacial score (nSPS) is 23.7. The maximum Gasteiger partial charge on any atom is 0.248 e. The lowest BCUT2D eigenvalue weighted by Gasteiger charge is -2.37. The molecular weight excluding hydrogens is 258 g/mol. The van der Waals surface area contributed by atoms with Crippen molar-refractivity contribution < 1.29 is 14.6 Å². The zero-order valence-corrected chi connectivity index (χ0v) is 11.6. The molecule has 1 saturated heterocycles. The van der Waals surface area contributed by atoms with E-state index in [0.29, 0.717) is 30.9 Å². The number of primary amides is 1. The number of nitrogens with two attached hydrogens (primary N) is 2. The number of amides is 1. The monoisotopic (exact) mass is 279 g/mol. The second-order valence-electron chi connectivity index (χ2n) is 5.19. The van der Waals surface area contributed by atoms with Gasteiger partial charge >= 0.3 is 0 Å². The quantitative estimate of drug-likeness (QED) is 0.671. The van der Waals surface area contributed by atoms with Crippen molar-refractivity contribution in [1.82, 2.24) is 4.90 Å². The summed E-state index contributed by atoms with van der Waals surface area (Å²) in [5, 5.41) is 9.19. The first kappa shape index (κ1) is 14.8. The van der Waals surface area contributed by atoms with E-state index in [1.807, 2.05) is 6.07 Å². The SMILES string of the molecule is CC1COC(CO)CN1Cc1ccc(C(N)=O)cc1N. The number of aliphatic hydroxyl groups is 1. The van der Waals surface area contributed by atoms with Crippen LogP contribution in [0.1, 0.15) is 22.8 Å². The Morgan fingerprint density at radius 2 is 2.30 bits per heavy atom. The fourth-order valence-electron chi connectivity index (χ4n) is 2.32. The fourth-order valence-corrected chi connectivity index (χ4v) is 2.32. The van der Waals surface area contributed by atoms with E-state index in [9.17, 15) is 9.90 Å². The summed E-state index contributed by atoms with van der Waals surface area (Å²) in [6.45, 7) is 3.99. The first-order valence-corrected chi connectivity index (χ1v) is 6.66. The van der Waals surface area contributed by atoms with Gasteiger partial charge in [-0.05, 0) is 24.6 Å². The molecule has 1 aromatic rings. The fraction of sp³-hybridized carbons (Fsp3) is 0.500. The molecule has 2 atom stereocenters. The van der Waals surface area contributed by atoms with Gasteiger partial charge in [-0.1, -0.05) is 6.07 Å². The van der Waals surface area contributed by atoms with Gasteiger partial charge in [-0.2, -0.15) is 0 Å². The molecule has 5 N–H and O–H groups in total. The third kappa shape index (κ3) is 3.27. The first-order chi connectivity index (χ1) is 9.51. The Balaban J connectivity index is 2.10. The minimum absolute atomic E-state index is 0.0132. The number of nitrogen functional groups attached to an aromatic ring is 1. The number of carbonyl (C=O) groups excluding carboxylic acids is 1. The molecule has 0 saturated carbocycles. The minimum atomic E-state index is -0.483. The van der Waals surface area contributed by atoms with E-state index in [1.54, 1.807) is 12.1 Å². The van der Waals surface area contributed by atoms with Crippen LogP contribution < -0.4 is 11.5 Å². The Morgan fingerprint density at radius 3 is 2.90 bits per heavy atom. The van der Waals surface area contributed by atoms with Crippen LogP contribution in [0.15, 0.2) is 18.2 Å².